The molecule has 6 nitrogen and oxygen atoms in total. The van der Waals surface area contributed by atoms with E-state index in [1.807, 2.05) is 13.8 Å². The molecule has 0 saturated heterocycles. The molecule has 2 heterocycles. The van der Waals surface area contributed by atoms with E-state index in [-0.39, 0.29) is 12.5 Å². The molecule has 1 atom stereocenters. The standard InChI is InChI=1S/C16H23N3O3/c1-9-7-13(12(4)22-9)16(5,21)8-17-15(20)14-10(2)18-19(6)11(14)3/h7,21H,8H2,1-6H3,(H,17,20). The Balaban J connectivity index is 2.15. The van der Waals surface area contributed by atoms with Gasteiger partial charge < -0.3 is 14.8 Å². The van der Waals surface area contributed by atoms with Gasteiger partial charge in [-0.25, -0.2) is 0 Å². The van der Waals surface area contributed by atoms with Crippen LogP contribution in [0.5, 0.6) is 0 Å². The zero-order valence-corrected chi connectivity index (χ0v) is 13.9. The monoisotopic (exact) mass is 305 g/mol. The second-order valence-corrected chi connectivity index (χ2v) is 5.95. The second-order valence-electron chi connectivity index (χ2n) is 5.95. The van der Waals surface area contributed by atoms with E-state index in [1.165, 1.54) is 0 Å². The van der Waals surface area contributed by atoms with E-state index in [0.717, 1.165) is 11.5 Å². The van der Waals surface area contributed by atoms with Gasteiger partial charge in [0.15, 0.2) is 0 Å². The number of hydrogen-bond donors (Lipinski definition) is 2. The first kappa shape index (κ1) is 16.3. The van der Waals surface area contributed by atoms with Crippen LogP contribution in [0.1, 0.15) is 45.8 Å². The third-order valence-corrected chi connectivity index (χ3v) is 3.95. The third kappa shape index (κ3) is 2.92. The van der Waals surface area contributed by atoms with Crippen LogP contribution in [0.2, 0.25) is 0 Å². The van der Waals surface area contributed by atoms with Crippen molar-refractivity contribution in [2.75, 3.05) is 6.54 Å². The molecule has 2 rings (SSSR count). The first-order valence-corrected chi connectivity index (χ1v) is 7.21. The molecule has 0 saturated carbocycles. The molecule has 120 valence electrons. The molecule has 0 radical (unpaired) electrons. The molecule has 2 aromatic heterocycles. The van der Waals surface area contributed by atoms with Crippen molar-refractivity contribution in [2.24, 2.45) is 7.05 Å². The molecular weight excluding hydrogens is 282 g/mol. The van der Waals surface area contributed by atoms with Crippen molar-refractivity contribution in [3.05, 3.63) is 40.1 Å². The average Bonchev–Trinajstić information content (AvgIpc) is 2.87. The fourth-order valence-electron chi connectivity index (χ4n) is 2.70. The predicted octanol–water partition coefficient (Wildman–Crippen LogP) is 1.88. The van der Waals surface area contributed by atoms with Crippen molar-refractivity contribution in [2.45, 2.75) is 40.2 Å². The molecule has 1 amide bonds. The van der Waals surface area contributed by atoms with Gasteiger partial charge in [-0.2, -0.15) is 5.10 Å². The smallest absolute Gasteiger partial charge is 0.255 e. The minimum atomic E-state index is -1.19. The largest absolute Gasteiger partial charge is 0.466 e. The fraction of sp³-hybridized carbons (Fsp3) is 0.500. The Bertz CT molecular complexity index is 711. The summed E-state index contributed by atoms with van der Waals surface area (Å²) in [7, 11) is 1.80. The van der Waals surface area contributed by atoms with Crippen LogP contribution in [0.25, 0.3) is 0 Å². The van der Waals surface area contributed by atoms with Crippen molar-refractivity contribution in [1.29, 1.82) is 0 Å². The molecule has 6 heteroatoms. The lowest BCUT2D eigenvalue weighted by atomic mass is 9.96. The number of carbonyl (C=O) groups excluding carboxylic acids is 1. The van der Waals surface area contributed by atoms with Crippen LogP contribution < -0.4 is 5.32 Å². The van der Waals surface area contributed by atoms with Crippen molar-refractivity contribution in [1.82, 2.24) is 15.1 Å². The van der Waals surface area contributed by atoms with Crippen LogP contribution in [0.15, 0.2) is 10.5 Å². The fourth-order valence-corrected chi connectivity index (χ4v) is 2.70. The van der Waals surface area contributed by atoms with Crippen molar-refractivity contribution >= 4 is 5.91 Å². The highest BCUT2D eigenvalue weighted by atomic mass is 16.3. The Labute approximate surface area is 130 Å². The topological polar surface area (TPSA) is 80.3 Å². The summed E-state index contributed by atoms with van der Waals surface area (Å²) in [5.41, 5.74) is 1.52. The minimum Gasteiger partial charge on any atom is -0.466 e. The van der Waals surface area contributed by atoms with Gasteiger partial charge in [0.05, 0.1) is 17.8 Å². The summed E-state index contributed by atoms with van der Waals surface area (Å²) in [5, 5.41) is 17.6. The van der Waals surface area contributed by atoms with Crippen LogP contribution in [0, 0.1) is 27.7 Å². The van der Waals surface area contributed by atoms with Gasteiger partial charge in [0.25, 0.3) is 5.91 Å². The van der Waals surface area contributed by atoms with E-state index in [2.05, 4.69) is 10.4 Å². The van der Waals surface area contributed by atoms with Crippen LogP contribution in [-0.4, -0.2) is 27.3 Å². The maximum atomic E-state index is 12.4. The van der Waals surface area contributed by atoms with E-state index in [4.69, 9.17) is 4.42 Å². The third-order valence-electron chi connectivity index (χ3n) is 3.95. The van der Waals surface area contributed by atoms with Crippen molar-refractivity contribution in [3.8, 4) is 0 Å². The summed E-state index contributed by atoms with van der Waals surface area (Å²) in [6.45, 7) is 9.02. The number of hydrogen-bond acceptors (Lipinski definition) is 4. The summed E-state index contributed by atoms with van der Waals surface area (Å²) in [6, 6.07) is 1.79. The molecule has 2 aromatic rings. The molecule has 0 fully saturated rings. The van der Waals surface area contributed by atoms with E-state index >= 15 is 0 Å². The number of aromatic nitrogens is 2. The van der Waals surface area contributed by atoms with E-state index < -0.39 is 5.60 Å². The Kier molecular flexibility index (Phi) is 4.15. The molecule has 0 aromatic carbocycles. The van der Waals surface area contributed by atoms with Gasteiger partial charge in [0.2, 0.25) is 0 Å². The van der Waals surface area contributed by atoms with Crippen LogP contribution >= 0.6 is 0 Å². The normalized spacial score (nSPS) is 14.0. The SMILES string of the molecule is Cc1cc(C(C)(O)CNC(=O)c2c(C)nn(C)c2C)c(C)o1. The first-order chi connectivity index (χ1) is 10.1. The minimum absolute atomic E-state index is 0.0966. The van der Waals surface area contributed by atoms with Gasteiger partial charge in [0.1, 0.15) is 17.1 Å². The van der Waals surface area contributed by atoms with Gasteiger partial charge in [-0.3, -0.25) is 9.48 Å². The number of rotatable bonds is 4. The number of amides is 1. The van der Waals surface area contributed by atoms with Gasteiger partial charge in [0, 0.05) is 18.3 Å². The zero-order valence-electron chi connectivity index (χ0n) is 13.9. The highest BCUT2D eigenvalue weighted by molar-refractivity contribution is 5.96. The summed E-state index contributed by atoms with van der Waals surface area (Å²) in [4.78, 5) is 12.4. The highest BCUT2D eigenvalue weighted by Gasteiger charge is 2.29. The van der Waals surface area contributed by atoms with Crippen molar-refractivity contribution in [3.63, 3.8) is 0 Å². The summed E-state index contributed by atoms with van der Waals surface area (Å²) >= 11 is 0. The number of nitrogens with one attached hydrogen (secondary N) is 1. The number of carbonyl (C=O) groups is 1. The average molecular weight is 305 g/mol. The quantitative estimate of drug-likeness (QED) is 0.904. The van der Waals surface area contributed by atoms with Gasteiger partial charge >= 0.3 is 0 Å². The Morgan fingerprint density at radius 1 is 1.41 bits per heavy atom. The maximum Gasteiger partial charge on any atom is 0.255 e. The van der Waals surface area contributed by atoms with Crippen LogP contribution in [0.4, 0.5) is 0 Å². The molecule has 0 aliphatic heterocycles. The predicted molar refractivity (Wildman–Crippen MR) is 82.8 cm³/mol. The van der Waals surface area contributed by atoms with Gasteiger partial charge in [-0.1, -0.05) is 0 Å². The lowest BCUT2D eigenvalue weighted by Crippen LogP contribution is -2.39. The van der Waals surface area contributed by atoms with Crippen molar-refractivity contribution < 1.29 is 14.3 Å². The summed E-state index contributed by atoms with van der Waals surface area (Å²) < 4.78 is 7.12. The summed E-state index contributed by atoms with van der Waals surface area (Å²) in [5.74, 6) is 1.16. The second kappa shape index (κ2) is 5.61. The number of aliphatic hydroxyl groups is 1. The molecular formula is C16H23N3O3. The first-order valence-electron chi connectivity index (χ1n) is 7.21. The Hall–Kier alpha value is -2.08. The molecule has 0 aliphatic rings. The molecule has 0 aliphatic carbocycles. The number of nitrogens with zero attached hydrogens (tertiary/aromatic N) is 2. The van der Waals surface area contributed by atoms with Gasteiger partial charge in [-0.05, 0) is 40.7 Å². The number of furan rings is 1. The maximum absolute atomic E-state index is 12.4. The molecule has 0 bridgehead atoms. The highest BCUT2D eigenvalue weighted by Crippen LogP contribution is 2.26. The van der Waals surface area contributed by atoms with Gasteiger partial charge in [-0.15, -0.1) is 0 Å². The molecule has 2 N–H and O–H groups in total. The number of aryl methyl sites for hydroxylation is 4. The lowest BCUT2D eigenvalue weighted by Gasteiger charge is -2.23. The Morgan fingerprint density at radius 3 is 2.50 bits per heavy atom. The molecule has 22 heavy (non-hydrogen) atoms. The molecule has 1 unspecified atom stereocenters. The van der Waals surface area contributed by atoms with Crippen LogP contribution in [-0.2, 0) is 12.6 Å². The molecule has 0 spiro atoms. The van der Waals surface area contributed by atoms with Crippen LogP contribution in [0.3, 0.4) is 0 Å². The van der Waals surface area contributed by atoms with E-state index in [0.29, 0.717) is 22.6 Å². The lowest BCUT2D eigenvalue weighted by molar-refractivity contribution is 0.0513. The van der Waals surface area contributed by atoms with E-state index in [1.54, 1.807) is 38.6 Å². The zero-order chi connectivity index (χ0) is 16.7. The summed E-state index contributed by atoms with van der Waals surface area (Å²) in [6.07, 6.45) is 0. The van der Waals surface area contributed by atoms with E-state index in [9.17, 15) is 9.90 Å². The Morgan fingerprint density at radius 2 is 2.05 bits per heavy atom.